The van der Waals surface area contributed by atoms with Crippen LogP contribution in [0.15, 0.2) is 46.9 Å². The topological polar surface area (TPSA) is 58.2 Å². The van der Waals surface area contributed by atoms with Crippen molar-refractivity contribution in [1.82, 2.24) is 10.6 Å². The molecule has 2 N–H and O–H groups in total. The second kappa shape index (κ2) is 10.7. The van der Waals surface area contributed by atoms with E-state index in [1.54, 1.807) is 48.2 Å². The van der Waals surface area contributed by atoms with Crippen LogP contribution in [0.2, 0.25) is 5.02 Å². The van der Waals surface area contributed by atoms with Gasteiger partial charge in [0.25, 0.3) is 5.91 Å². The number of rotatable bonds is 8. The van der Waals surface area contributed by atoms with Crippen LogP contribution in [0.25, 0.3) is 0 Å². The molecule has 0 spiro atoms. The van der Waals surface area contributed by atoms with Crippen molar-refractivity contribution in [3.63, 3.8) is 0 Å². The zero-order valence-corrected chi connectivity index (χ0v) is 17.8. The maximum Gasteiger partial charge on any atom is 0.253 e. The smallest absolute Gasteiger partial charge is 0.253 e. The van der Waals surface area contributed by atoms with E-state index in [1.807, 2.05) is 6.26 Å². The summed E-state index contributed by atoms with van der Waals surface area (Å²) >= 11 is 10.9. The van der Waals surface area contributed by atoms with Gasteiger partial charge in [0.05, 0.1) is 10.6 Å². The van der Waals surface area contributed by atoms with Crippen molar-refractivity contribution in [3.05, 3.63) is 68.9 Å². The molecule has 2 amide bonds. The second-order valence-corrected chi connectivity index (χ2v) is 8.05. The van der Waals surface area contributed by atoms with Crippen molar-refractivity contribution in [2.24, 2.45) is 0 Å². The maximum atomic E-state index is 13.8. The van der Waals surface area contributed by atoms with Crippen LogP contribution in [-0.2, 0) is 11.3 Å². The number of hydrogen-bond acceptors (Lipinski definition) is 3. The zero-order valence-electron chi connectivity index (χ0n) is 14.6. The highest BCUT2D eigenvalue weighted by Crippen LogP contribution is 2.16. The molecule has 0 saturated heterocycles. The lowest BCUT2D eigenvalue weighted by atomic mass is 10.1. The fourth-order valence-corrected chi connectivity index (χ4v) is 3.47. The minimum atomic E-state index is -0.739. The van der Waals surface area contributed by atoms with E-state index in [9.17, 15) is 14.0 Å². The predicted molar refractivity (Wildman–Crippen MR) is 112 cm³/mol. The molecule has 0 heterocycles. The molecule has 8 heteroatoms. The Morgan fingerprint density at radius 3 is 2.70 bits per heavy atom. The van der Waals surface area contributed by atoms with Gasteiger partial charge in [0.1, 0.15) is 11.9 Å². The lowest BCUT2D eigenvalue weighted by Gasteiger charge is -2.19. The van der Waals surface area contributed by atoms with Crippen molar-refractivity contribution < 1.29 is 14.0 Å². The standard InChI is InChI=1S/C19H19BrClFN2O2S/c1-27-9-8-17(24-18(25)14-4-2-3-5-15(14)21)19(26)23-11-12-10-13(20)6-7-16(12)22/h2-7,10,17H,8-9,11H2,1H3,(H,23,26)(H,24,25). The Hall–Kier alpha value is -1.57. The molecule has 0 fully saturated rings. The summed E-state index contributed by atoms with van der Waals surface area (Å²) in [5, 5.41) is 5.72. The lowest BCUT2D eigenvalue weighted by molar-refractivity contribution is -0.123. The highest BCUT2D eigenvalue weighted by Gasteiger charge is 2.22. The number of nitrogens with one attached hydrogen (secondary N) is 2. The average Bonchev–Trinajstić information content (AvgIpc) is 2.65. The van der Waals surface area contributed by atoms with Crippen molar-refractivity contribution in [1.29, 1.82) is 0 Å². The number of amides is 2. The Labute approximate surface area is 175 Å². The molecule has 144 valence electrons. The molecule has 0 saturated carbocycles. The van der Waals surface area contributed by atoms with Crippen LogP contribution >= 0.6 is 39.3 Å². The quantitative estimate of drug-likeness (QED) is 0.597. The van der Waals surface area contributed by atoms with E-state index in [1.165, 1.54) is 6.07 Å². The molecule has 2 rings (SSSR count). The van der Waals surface area contributed by atoms with Gasteiger partial charge in [0, 0.05) is 16.6 Å². The van der Waals surface area contributed by atoms with Crippen molar-refractivity contribution in [2.75, 3.05) is 12.0 Å². The van der Waals surface area contributed by atoms with E-state index in [2.05, 4.69) is 26.6 Å². The SMILES string of the molecule is CSCCC(NC(=O)c1ccccc1Cl)C(=O)NCc1cc(Br)ccc1F. The normalized spacial score (nSPS) is 11.7. The summed E-state index contributed by atoms with van der Waals surface area (Å²) in [6.45, 7) is 0.0296. The molecule has 27 heavy (non-hydrogen) atoms. The summed E-state index contributed by atoms with van der Waals surface area (Å²) in [5.41, 5.74) is 0.665. The lowest BCUT2D eigenvalue weighted by Crippen LogP contribution is -2.47. The van der Waals surface area contributed by atoms with E-state index in [0.29, 0.717) is 28.3 Å². The van der Waals surface area contributed by atoms with Crippen LogP contribution in [0.5, 0.6) is 0 Å². The fourth-order valence-electron chi connectivity index (χ4n) is 2.37. The van der Waals surface area contributed by atoms with Crippen LogP contribution in [0.1, 0.15) is 22.3 Å². The van der Waals surface area contributed by atoms with Gasteiger partial charge in [-0.15, -0.1) is 0 Å². The van der Waals surface area contributed by atoms with Gasteiger partial charge < -0.3 is 10.6 Å². The number of thioether (sulfide) groups is 1. The summed E-state index contributed by atoms with van der Waals surface area (Å²) in [6.07, 6.45) is 2.37. The summed E-state index contributed by atoms with van der Waals surface area (Å²) < 4.78 is 14.6. The Morgan fingerprint density at radius 2 is 2.00 bits per heavy atom. The van der Waals surface area contributed by atoms with Gasteiger partial charge >= 0.3 is 0 Å². The first kappa shape index (κ1) is 21.7. The molecular weight excluding hydrogens is 455 g/mol. The van der Waals surface area contributed by atoms with Gasteiger partial charge in [0.15, 0.2) is 0 Å². The molecular formula is C19H19BrClFN2O2S. The van der Waals surface area contributed by atoms with E-state index >= 15 is 0 Å². The summed E-state index contributed by atoms with van der Waals surface area (Å²) in [5.74, 6) is -0.509. The molecule has 2 aromatic rings. The molecule has 0 aliphatic heterocycles. The molecule has 1 unspecified atom stereocenters. The number of benzene rings is 2. The van der Waals surface area contributed by atoms with Crippen molar-refractivity contribution >= 4 is 51.1 Å². The maximum absolute atomic E-state index is 13.8. The Morgan fingerprint density at radius 1 is 1.26 bits per heavy atom. The van der Waals surface area contributed by atoms with Crippen LogP contribution in [-0.4, -0.2) is 29.9 Å². The monoisotopic (exact) mass is 472 g/mol. The second-order valence-electron chi connectivity index (χ2n) is 5.74. The highest BCUT2D eigenvalue weighted by atomic mass is 79.9. The van der Waals surface area contributed by atoms with E-state index in [4.69, 9.17) is 11.6 Å². The summed E-state index contributed by atoms with van der Waals surface area (Å²) in [6, 6.07) is 10.4. The van der Waals surface area contributed by atoms with Crippen LogP contribution < -0.4 is 10.6 Å². The number of carbonyl (C=O) groups excluding carboxylic acids is 2. The van der Waals surface area contributed by atoms with Crippen LogP contribution in [0.3, 0.4) is 0 Å². The molecule has 4 nitrogen and oxygen atoms in total. The van der Waals surface area contributed by atoms with Gasteiger partial charge in [-0.1, -0.05) is 39.7 Å². The van der Waals surface area contributed by atoms with Gasteiger partial charge in [0.2, 0.25) is 5.91 Å². The fraction of sp³-hybridized carbons (Fsp3) is 0.263. The average molecular weight is 474 g/mol. The molecule has 0 aromatic heterocycles. The minimum Gasteiger partial charge on any atom is -0.350 e. The molecule has 1 atom stereocenters. The molecule has 0 aliphatic rings. The largest absolute Gasteiger partial charge is 0.350 e. The summed E-state index contributed by atoms with van der Waals surface area (Å²) in [4.78, 5) is 25.0. The third-order valence-corrected chi connectivity index (χ3v) is 5.28. The number of hydrogen-bond donors (Lipinski definition) is 2. The van der Waals surface area contributed by atoms with Crippen molar-refractivity contribution in [3.8, 4) is 0 Å². The van der Waals surface area contributed by atoms with E-state index in [-0.39, 0.29) is 12.5 Å². The van der Waals surface area contributed by atoms with Crippen LogP contribution in [0, 0.1) is 5.82 Å². The molecule has 0 aliphatic carbocycles. The van der Waals surface area contributed by atoms with Crippen LogP contribution in [0.4, 0.5) is 4.39 Å². The van der Waals surface area contributed by atoms with Crippen molar-refractivity contribution in [2.45, 2.75) is 19.0 Å². The third kappa shape index (κ3) is 6.52. The van der Waals surface area contributed by atoms with E-state index in [0.717, 1.165) is 4.47 Å². The highest BCUT2D eigenvalue weighted by molar-refractivity contribution is 9.10. The van der Waals surface area contributed by atoms with E-state index < -0.39 is 17.8 Å². The number of halogens is 3. The number of carbonyl (C=O) groups is 2. The molecule has 0 bridgehead atoms. The first-order chi connectivity index (χ1) is 12.9. The molecule has 2 aromatic carbocycles. The Bertz CT molecular complexity index is 822. The van der Waals surface area contributed by atoms with Gasteiger partial charge in [-0.3, -0.25) is 9.59 Å². The molecule has 0 radical (unpaired) electrons. The first-order valence-electron chi connectivity index (χ1n) is 8.18. The Balaban J connectivity index is 2.05. The minimum absolute atomic E-state index is 0.0296. The summed E-state index contributed by atoms with van der Waals surface area (Å²) in [7, 11) is 0. The van der Waals surface area contributed by atoms with Gasteiger partial charge in [-0.25, -0.2) is 4.39 Å². The van der Waals surface area contributed by atoms with Gasteiger partial charge in [-0.05, 0) is 48.8 Å². The first-order valence-corrected chi connectivity index (χ1v) is 10.7. The Kier molecular flexibility index (Phi) is 8.60. The van der Waals surface area contributed by atoms with Gasteiger partial charge in [-0.2, -0.15) is 11.8 Å². The predicted octanol–water partition coefficient (Wildman–Crippen LogP) is 4.41. The zero-order chi connectivity index (χ0) is 19.8. The third-order valence-electron chi connectivity index (χ3n) is 3.81.